The van der Waals surface area contributed by atoms with E-state index in [4.69, 9.17) is 9.47 Å². The molecule has 0 bridgehead atoms. The van der Waals surface area contributed by atoms with E-state index in [0.29, 0.717) is 5.82 Å². The van der Waals surface area contributed by atoms with Gasteiger partial charge in [-0.15, -0.1) is 0 Å². The van der Waals surface area contributed by atoms with Gasteiger partial charge in [0.05, 0.1) is 6.20 Å². The van der Waals surface area contributed by atoms with Crippen molar-refractivity contribution in [2.75, 3.05) is 19.5 Å². The summed E-state index contributed by atoms with van der Waals surface area (Å²) in [5.74, 6) is -0.0629. The lowest BCUT2D eigenvalue weighted by molar-refractivity contribution is -0.153. The summed E-state index contributed by atoms with van der Waals surface area (Å²) in [6, 6.07) is 0. The number of hydrogen-bond acceptors (Lipinski definition) is 5. The van der Waals surface area contributed by atoms with Gasteiger partial charge in [-0.05, 0) is 0 Å². The molecule has 0 aromatic carbocycles. The highest BCUT2D eigenvalue weighted by atomic mass is 16.7. The number of nitrogens with one attached hydrogen (secondary N) is 1. The fourth-order valence-corrected chi connectivity index (χ4v) is 0.859. The predicted molar refractivity (Wildman–Crippen MR) is 48.5 cm³/mol. The first kappa shape index (κ1) is 10.6. The Morgan fingerprint density at radius 3 is 2.64 bits per heavy atom. The van der Waals surface area contributed by atoms with Crippen LogP contribution in [-0.2, 0) is 14.3 Å². The summed E-state index contributed by atoms with van der Waals surface area (Å²) in [7, 11) is 2.76. The smallest absolute Gasteiger partial charge is 0.282 e. The van der Waals surface area contributed by atoms with Crippen molar-refractivity contribution in [3.05, 3.63) is 18.6 Å². The predicted octanol–water partition coefficient (Wildman–Crippen LogP) is 0.0340. The number of anilines is 1. The highest BCUT2D eigenvalue weighted by Gasteiger charge is 2.16. The topological polar surface area (TPSA) is 73.3 Å². The third kappa shape index (κ3) is 2.75. The Hall–Kier alpha value is -1.53. The Bertz CT molecular complexity index is 287. The molecule has 0 atom stereocenters. The zero-order valence-corrected chi connectivity index (χ0v) is 7.93. The molecule has 0 fully saturated rings. The van der Waals surface area contributed by atoms with Crippen LogP contribution in [0.3, 0.4) is 0 Å². The first-order valence-electron chi connectivity index (χ1n) is 3.90. The van der Waals surface area contributed by atoms with Gasteiger partial charge in [0.1, 0.15) is 0 Å². The number of hydrogen-bond donors (Lipinski definition) is 1. The van der Waals surface area contributed by atoms with E-state index >= 15 is 0 Å². The highest BCUT2D eigenvalue weighted by Crippen LogP contribution is 2.00. The van der Waals surface area contributed by atoms with Crippen molar-refractivity contribution >= 4 is 11.7 Å². The summed E-state index contributed by atoms with van der Waals surface area (Å²) >= 11 is 0. The molecule has 0 saturated carbocycles. The second-order valence-electron chi connectivity index (χ2n) is 2.38. The van der Waals surface area contributed by atoms with E-state index < -0.39 is 12.2 Å². The largest absolute Gasteiger partial charge is 0.348 e. The van der Waals surface area contributed by atoms with Crippen LogP contribution >= 0.6 is 0 Å². The molecule has 0 radical (unpaired) electrons. The number of rotatable bonds is 4. The molecule has 0 saturated heterocycles. The third-order valence-electron chi connectivity index (χ3n) is 1.46. The maximum atomic E-state index is 11.3. The molecule has 76 valence electrons. The van der Waals surface area contributed by atoms with E-state index in [1.54, 1.807) is 0 Å². The van der Waals surface area contributed by atoms with Crippen LogP contribution in [0.4, 0.5) is 5.82 Å². The molecule has 0 unspecified atom stereocenters. The van der Waals surface area contributed by atoms with Gasteiger partial charge in [-0.3, -0.25) is 9.78 Å². The molecular formula is C8H11N3O3. The fraction of sp³-hybridized carbons (Fsp3) is 0.375. The molecule has 1 aromatic rings. The lowest BCUT2D eigenvalue weighted by Crippen LogP contribution is -2.31. The molecule has 1 rings (SSSR count). The molecule has 6 nitrogen and oxygen atoms in total. The minimum atomic E-state index is -0.933. The zero-order chi connectivity index (χ0) is 10.4. The number of methoxy groups -OCH3 is 2. The maximum Gasteiger partial charge on any atom is 0.282 e. The summed E-state index contributed by atoms with van der Waals surface area (Å²) in [4.78, 5) is 19.0. The van der Waals surface area contributed by atoms with E-state index in [9.17, 15) is 4.79 Å². The lowest BCUT2D eigenvalue weighted by atomic mass is 10.5. The molecule has 6 heteroatoms. The van der Waals surface area contributed by atoms with E-state index in [-0.39, 0.29) is 0 Å². The number of amides is 1. The summed E-state index contributed by atoms with van der Waals surface area (Å²) in [5, 5.41) is 2.48. The highest BCUT2D eigenvalue weighted by molar-refractivity contribution is 5.92. The average Bonchev–Trinajstić information content (AvgIpc) is 2.21. The summed E-state index contributed by atoms with van der Waals surface area (Å²) in [6.07, 6.45) is 3.49. The van der Waals surface area contributed by atoms with Gasteiger partial charge in [0.25, 0.3) is 5.91 Å². The van der Waals surface area contributed by atoms with Crippen LogP contribution < -0.4 is 5.32 Å². The van der Waals surface area contributed by atoms with Gasteiger partial charge in [-0.2, -0.15) is 0 Å². The third-order valence-corrected chi connectivity index (χ3v) is 1.46. The summed E-state index contributed by atoms with van der Waals surface area (Å²) in [5.41, 5.74) is 0. The van der Waals surface area contributed by atoms with Crippen LogP contribution in [0, 0.1) is 0 Å². The number of aromatic nitrogens is 2. The maximum absolute atomic E-state index is 11.3. The van der Waals surface area contributed by atoms with E-state index in [1.165, 1.54) is 32.8 Å². The number of nitrogens with zero attached hydrogens (tertiary/aromatic N) is 2. The molecule has 1 heterocycles. The van der Waals surface area contributed by atoms with Crippen molar-refractivity contribution in [3.8, 4) is 0 Å². The number of ether oxygens (including phenoxy) is 2. The minimum absolute atomic E-state index is 0.358. The first-order valence-corrected chi connectivity index (χ1v) is 3.90. The molecule has 0 aliphatic heterocycles. The minimum Gasteiger partial charge on any atom is -0.348 e. The van der Waals surface area contributed by atoms with Crippen LogP contribution in [0.15, 0.2) is 18.6 Å². The summed E-state index contributed by atoms with van der Waals surface area (Å²) < 4.78 is 9.50. The van der Waals surface area contributed by atoms with Crippen molar-refractivity contribution in [2.45, 2.75) is 6.29 Å². The number of carbonyl (C=O) groups is 1. The van der Waals surface area contributed by atoms with Crippen LogP contribution in [-0.4, -0.2) is 36.4 Å². The summed E-state index contributed by atoms with van der Waals surface area (Å²) in [6.45, 7) is 0. The van der Waals surface area contributed by atoms with Crippen molar-refractivity contribution < 1.29 is 14.3 Å². The van der Waals surface area contributed by atoms with Gasteiger partial charge in [-0.25, -0.2) is 4.98 Å². The van der Waals surface area contributed by atoms with Crippen molar-refractivity contribution in [1.82, 2.24) is 9.97 Å². The normalized spacial score (nSPS) is 10.2. The molecule has 1 amide bonds. The van der Waals surface area contributed by atoms with Crippen LogP contribution in [0.25, 0.3) is 0 Å². The van der Waals surface area contributed by atoms with Crippen LogP contribution in [0.2, 0.25) is 0 Å². The van der Waals surface area contributed by atoms with Crippen LogP contribution in [0.5, 0.6) is 0 Å². The second-order valence-corrected chi connectivity index (χ2v) is 2.38. The monoisotopic (exact) mass is 197 g/mol. The molecule has 1 aromatic heterocycles. The SMILES string of the molecule is COC(OC)C(=O)Nc1cnccn1. The molecule has 0 aliphatic rings. The Morgan fingerprint density at radius 1 is 1.43 bits per heavy atom. The van der Waals surface area contributed by atoms with Gasteiger partial charge in [0, 0.05) is 26.6 Å². The lowest BCUT2D eigenvalue weighted by Gasteiger charge is -2.12. The molecular weight excluding hydrogens is 186 g/mol. The van der Waals surface area contributed by atoms with Crippen molar-refractivity contribution in [1.29, 1.82) is 0 Å². The Balaban J connectivity index is 2.57. The van der Waals surface area contributed by atoms with E-state index in [0.717, 1.165) is 0 Å². The van der Waals surface area contributed by atoms with Gasteiger partial charge >= 0.3 is 0 Å². The second kappa shape index (κ2) is 5.25. The Labute approximate surface area is 81.3 Å². The van der Waals surface area contributed by atoms with Crippen molar-refractivity contribution in [3.63, 3.8) is 0 Å². The molecule has 1 N–H and O–H groups in total. The standard InChI is InChI=1S/C8H11N3O3/c1-13-8(14-2)7(12)11-6-5-9-3-4-10-6/h3-5,8H,1-2H3,(H,10,11,12). The van der Waals surface area contributed by atoms with E-state index in [2.05, 4.69) is 15.3 Å². The fourth-order valence-electron chi connectivity index (χ4n) is 0.859. The quantitative estimate of drug-likeness (QED) is 0.689. The van der Waals surface area contributed by atoms with Gasteiger partial charge in [0.15, 0.2) is 5.82 Å². The van der Waals surface area contributed by atoms with Gasteiger partial charge in [0.2, 0.25) is 6.29 Å². The van der Waals surface area contributed by atoms with Gasteiger partial charge < -0.3 is 14.8 Å². The molecule has 14 heavy (non-hydrogen) atoms. The van der Waals surface area contributed by atoms with E-state index in [1.807, 2.05) is 0 Å². The Kier molecular flexibility index (Phi) is 3.96. The van der Waals surface area contributed by atoms with Gasteiger partial charge in [-0.1, -0.05) is 0 Å². The molecule has 0 aliphatic carbocycles. The molecule has 0 spiro atoms. The first-order chi connectivity index (χ1) is 6.77. The number of carbonyl (C=O) groups excluding carboxylic acids is 1. The van der Waals surface area contributed by atoms with Crippen LogP contribution in [0.1, 0.15) is 0 Å². The van der Waals surface area contributed by atoms with Crippen molar-refractivity contribution in [2.24, 2.45) is 0 Å². The Morgan fingerprint density at radius 2 is 2.14 bits per heavy atom. The zero-order valence-electron chi connectivity index (χ0n) is 7.93. The average molecular weight is 197 g/mol.